The molecule has 1 aliphatic heterocycles. The number of benzene rings is 1. The molecule has 1 heterocycles. The molecule has 0 aliphatic carbocycles. The molecule has 0 N–H and O–H groups in total. The van der Waals surface area contributed by atoms with E-state index in [-0.39, 0.29) is 36.0 Å². The Morgan fingerprint density at radius 2 is 1.57 bits per heavy atom. The fourth-order valence-electron chi connectivity index (χ4n) is 2.56. The molecule has 21 heavy (non-hydrogen) atoms. The van der Waals surface area contributed by atoms with Gasteiger partial charge in [-0.25, -0.2) is 0 Å². The first-order valence-electron chi connectivity index (χ1n) is 7.43. The maximum absolute atomic E-state index is 12.2. The van der Waals surface area contributed by atoms with Crippen LogP contribution in [0.2, 0.25) is 0 Å². The Morgan fingerprint density at radius 3 is 2.05 bits per heavy atom. The van der Waals surface area contributed by atoms with Crippen LogP contribution in [0.5, 0.6) is 0 Å². The number of likely N-dealkylation sites (tertiary alicyclic amines) is 1. The first kappa shape index (κ1) is 15.4. The van der Waals surface area contributed by atoms with Gasteiger partial charge in [0, 0.05) is 17.4 Å². The van der Waals surface area contributed by atoms with Crippen LogP contribution in [0.4, 0.5) is 0 Å². The van der Waals surface area contributed by atoms with E-state index in [4.69, 9.17) is 0 Å². The summed E-state index contributed by atoms with van der Waals surface area (Å²) < 4.78 is 0. The smallest absolute Gasteiger partial charge is 0.233 e. The molecule has 0 spiro atoms. The number of ketones is 1. The third-order valence-corrected chi connectivity index (χ3v) is 4.18. The average molecular weight is 287 g/mol. The van der Waals surface area contributed by atoms with Gasteiger partial charge >= 0.3 is 0 Å². The summed E-state index contributed by atoms with van der Waals surface area (Å²) in [6.45, 7) is 5.41. The third-order valence-electron chi connectivity index (χ3n) is 4.18. The maximum atomic E-state index is 12.2. The average Bonchev–Trinajstić information content (AvgIpc) is 2.66. The zero-order chi connectivity index (χ0) is 15.6. The second kappa shape index (κ2) is 6.20. The first-order valence-corrected chi connectivity index (χ1v) is 7.43. The molecule has 0 radical (unpaired) electrons. The highest BCUT2D eigenvalue weighted by Gasteiger charge is 2.42. The van der Waals surface area contributed by atoms with E-state index in [1.807, 2.05) is 12.1 Å². The highest BCUT2D eigenvalue weighted by Crippen LogP contribution is 2.25. The number of carbonyl (C=O) groups excluding carboxylic acids is 3. The summed E-state index contributed by atoms with van der Waals surface area (Å²) in [7, 11) is 0. The molecule has 2 atom stereocenters. The summed E-state index contributed by atoms with van der Waals surface area (Å²) in [6, 6.07) is 7.39. The lowest BCUT2D eigenvalue weighted by Crippen LogP contribution is -2.35. The molecule has 1 aromatic rings. The molecule has 2 unspecified atom stereocenters. The summed E-state index contributed by atoms with van der Waals surface area (Å²) in [5.74, 6) is -1.36. The predicted octanol–water partition coefficient (Wildman–Crippen LogP) is 2.46. The van der Waals surface area contributed by atoms with Crippen molar-refractivity contribution in [1.82, 2.24) is 4.90 Å². The van der Waals surface area contributed by atoms with Crippen LogP contribution in [0.15, 0.2) is 24.3 Å². The van der Waals surface area contributed by atoms with Crippen LogP contribution in [-0.4, -0.2) is 29.0 Å². The Bertz CT molecular complexity index is 542. The molecule has 2 amide bonds. The highest BCUT2D eigenvalue weighted by molar-refractivity contribution is 6.09. The van der Waals surface area contributed by atoms with E-state index in [1.165, 1.54) is 5.56 Å². The van der Waals surface area contributed by atoms with Crippen molar-refractivity contribution in [1.29, 1.82) is 0 Å². The molecule has 1 saturated heterocycles. The fraction of sp³-hybridized carbons (Fsp3) is 0.471. The van der Waals surface area contributed by atoms with E-state index >= 15 is 0 Å². The van der Waals surface area contributed by atoms with Crippen LogP contribution in [0.1, 0.15) is 43.1 Å². The van der Waals surface area contributed by atoms with Crippen LogP contribution >= 0.6 is 0 Å². The van der Waals surface area contributed by atoms with Gasteiger partial charge in [-0.05, 0) is 12.0 Å². The van der Waals surface area contributed by atoms with Gasteiger partial charge in [0.05, 0.1) is 6.54 Å². The van der Waals surface area contributed by atoms with Gasteiger partial charge in [-0.1, -0.05) is 51.5 Å². The number of Topliss-reactive ketones (excluding diaryl/α,β-unsaturated/α-hetero) is 1. The molecule has 1 fully saturated rings. The van der Waals surface area contributed by atoms with Crippen LogP contribution in [0.25, 0.3) is 0 Å². The van der Waals surface area contributed by atoms with Crippen molar-refractivity contribution < 1.29 is 14.4 Å². The molecule has 0 bridgehead atoms. The summed E-state index contributed by atoms with van der Waals surface area (Å²) in [6.07, 6.45) is 2.03. The van der Waals surface area contributed by atoms with Crippen molar-refractivity contribution >= 4 is 17.6 Å². The van der Waals surface area contributed by atoms with Crippen LogP contribution in [-0.2, 0) is 16.0 Å². The van der Waals surface area contributed by atoms with Gasteiger partial charge in [0.25, 0.3) is 0 Å². The van der Waals surface area contributed by atoms with Crippen molar-refractivity contribution in [3.8, 4) is 0 Å². The van der Waals surface area contributed by atoms with E-state index in [0.717, 1.165) is 17.7 Å². The number of aryl methyl sites for hydroxylation is 1. The molecule has 4 heteroatoms. The number of hydrogen-bond donors (Lipinski definition) is 0. The Labute approximate surface area is 125 Å². The normalized spacial score (nSPS) is 22.0. The van der Waals surface area contributed by atoms with Gasteiger partial charge in [-0.2, -0.15) is 0 Å². The lowest BCUT2D eigenvalue weighted by molar-refractivity contribution is -0.139. The molecule has 4 nitrogen and oxygen atoms in total. The lowest BCUT2D eigenvalue weighted by Gasteiger charge is -2.13. The van der Waals surface area contributed by atoms with Crippen LogP contribution in [0.3, 0.4) is 0 Å². The van der Waals surface area contributed by atoms with Gasteiger partial charge in [-0.15, -0.1) is 0 Å². The van der Waals surface area contributed by atoms with E-state index in [0.29, 0.717) is 5.56 Å². The molecule has 1 aliphatic rings. The molecular formula is C17H21NO3. The number of hydrogen-bond acceptors (Lipinski definition) is 3. The second-order valence-electron chi connectivity index (χ2n) is 5.71. The van der Waals surface area contributed by atoms with Gasteiger partial charge < -0.3 is 0 Å². The quantitative estimate of drug-likeness (QED) is 0.617. The summed E-state index contributed by atoms with van der Waals surface area (Å²) >= 11 is 0. The minimum atomic E-state index is -0.336. The van der Waals surface area contributed by atoms with E-state index in [9.17, 15) is 14.4 Å². The van der Waals surface area contributed by atoms with E-state index < -0.39 is 0 Å². The van der Waals surface area contributed by atoms with Crippen molar-refractivity contribution in [3.63, 3.8) is 0 Å². The Balaban J connectivity index is 2.08. The largest absolute Gasteiger partial charge is 0.292 e. The lowest BCUT2D eigenvalue weighted by atomic mass is 10.00. The number of carbonyl (C=O) groups is 3. The predicted molar refractivity (Wildman–Crippen MR) is 79.8 cm³/mol. The SMILES string of the molecule is CCCc1ccc(C(=O)CN2C(=O)C(C)C(C)C2=O)cc1. The van der Waals surface area contributed by atoms with Crippen molar-refractivity contribution in [2.75, 3.05) is 6.54 Å². The van der Waals surface area contributed by atoms with Crippen molar-refractivity contribution in [2.45, 2.75) is 33.6 Å². The van der Waals surface area contributed by atoms with Crippen LogP contribution < -0.4 is 0 Å². The number of imide groups is 1. The van der Waals surface area contributed by atoms with Crippen LogP contribution in [0, 0.1) is 11.8 Å². The Morgan fingerprint density at radius 1 is 1.05 bits per heavy atom. The molecule has 2 rings (SSSR count). The summed E-state index contributed by atoms with van der Waals surface area (Å²) in [5.41, 5.74) is 1.73. The molecular weight excluding hydrogens is 266 g/mol. The van der Waals surface area contributed by atoms with E-state index in [2.05, 4.69) is 6.92 Å². The molecule has 0 aromatic heterocycles. The number of nitrogens with zero attached hydrogens (tertiary/aromatic N) is 1. The molecule has 1 aromatic carbocycles. The van der Waals surface area contributed by atoms with E-state index in [1.54, 1.807) is 26.0 Å². The van der Waals surface area contributed by atoms with Gasteiger partial charge in [-0.3, -0.25) is 19.3 Å². The number of rotatable bonds is 5. The zero-order valence-corrected chi connectivity index (χ0v) is 12.8. The summed E-state index contributed by atoms with van der Waals surface area (Å²) in [5, 5.41) is 0. The highest BCUT2D eigenvalue weighted by atomic mass is 16.2. The minimum Gasteiger partial charge on any atom is -0.292 e. The minimum absolute atomic E-state index is 0.153. The second-order valence-corrected chi connectivity index (χ2v) is 5.71. The monoisotopic (exact) mass is 287 g/mol. The van der Waals surface area contributed by atoms with Gasteiger partial charge in [0.1, 0.15) is 0 Å². The standard InChI is InChI=1S/C17H21NO3/c1-4-5-13-6-8-14(9-7-13)15(19)10-18-16(20)11(2)12(3)17(18)21/h6-9,11-12H,4-5,10H2,1-3H3. The third kappa shape index (κ3) is 3.04. The topological polar surface area (TPSA) is 54.5 Å². The van der Waals surface area contributed by atoms with Crippen molar-refractivity contribution in [2.24, 2.45) is 11.8 Å². The Kier molecular flexibility index (Phi) is 4.56. The van der Waals surface area contributed by atoms with Gasteiger partial charge in [0.15, 0.2) is 5.78 Å². The first-order chi connectivity index (χ1) is 9.95. The van der Waals surface area contributed by atoms with Crippen molar-refractivity contribution in [3.05, 3.63) is 35.4 Å². The van der Waals surface area contributed by atoms with Gasteiger partial charge in [0.2, 0.25) is 11.8 Å². The Hall–Kier alpha value is -1.97. The maximum Gasteiger partial charge on any atom is 0.233 e. The molecule has 112 valence electrons. The summed E-state index contributed by atoms with van der Waals surface area (Å²) in [4.78, 5) is 37.3. The zero-order valence-electron chi connectivity index (χ0n) is 12.8. The fourth-order valence-corrected chi connectivity index (χ4v) is 2.56. The molecule has 0 saturated carbocycles. The number of amides is 2.